The van der Waals surface area contributed by atoms with Gasteiger partial charge in [-0.25, -0.2) is 0 Å². The third-order valence-electron chi connectivity index (χ3n) is 4.54. The van der Waals surface area contributed by atoms with Crippen molar-refractivity contribution in [2.24, 2.45) is 0 Å². The molecule has 1 fully saturated rings. The van der Waals surface area contributed by atoms with Gasteiger partial charge >= 0.3 is 7.12 Å². The molecule has 0 amide bonds. The van der Waals surface area contributed by atoms with Crippen molar-refractivity contribution < 1.29 is 18.8 Å². The fourth-order valence-corrected chi connectivity index (χ4v) is 3.08. The van der Waals surface area contributed by atoms with Gasteiger partial charge in [0.25, 0.3) is 0 Å². The number of methoxy groups -OCH3 is 1. The minimum atomic E-state index is -0.529. The van der Waals surface area contributed by atoms with Crippen molar-refractivity contribution in [3.05, 3.63) is 34.3 Å². The Balaban J connectivity index is 2.38. The van der Waals surface area contributed by atoms with Gasteiger partial charge in [-0.3, -0.25) is 4.79 Å². The molecule has 0 aromatic heterocycles. The van der Waals surface area contributed by atoms with Crippen LogP contribution in [0, 0.1) is 0 Å². The van der Waals surface area contributed by atoms with E-state index >= 15 is 0 Å². The van der Waals surface area contributed by atoms with E-state index < -0.39 is 18.3 Å². The quantitative estimate of drug-likeness (QED) is 0.694. The minimum absolute atomic E-state index is 0.0409. The lowest BCUT2D eigenvalue weighted by Gasteiger charge is -2.32. The van der Waals surface area contributed by atoms with Crippen molar-refractivity contribution in [2.45, 2.75) is 45.8 Å². The van der Waals surface area contributed by atoms with Crippen LogP contribution < -0.4 is 4.74 Å². The Morgan fingerprint density at radius 3 is 2.40 bits per heavy atom. The molecule has 136 valence electrons. The highest BCUT2D eigenvalue weighted by molar-refractivity contribution is 8.13. The van der Waals surface area contributed by atoms with E-state index in [4.69, 9.17) is 25.6 Å². The normalized spacial score (nSPS) is 19.2. The first-order valence-electron chi connectivity index (χ1n) is 8.09. The number of carbonyl (C=O) groups is 1. The first-order chi connectivity index (χ1) is 11.6. The average Bonchev–Trinajstić information content (AvgIpc) is 2.73. The minimum Gasteiger partial charge on any atom is -0.497 e. The molecule has 0 aliphatic carbocycles. The second-order valence-electron chi connectivity index (χ2n) is 6.98. The van der Waals surface area contributed by atoms with E-state index in [1.807, 2.05) is 39.8 Å². The largest absolute Gasteiger partial charge is 0.497 e. The van der Waals surface area contributed by atoms with Crippen LogP contribution in [-0.2, 0) is 14.1 Å². The Labute approximate surface area is 159 Å². The molecule has 1 saturated heterocycles. The fourth-order valence-electron chi connectivity index (χ4n) is 2.32. The van der Waals surface area contributed by atoms with Crippen molar-refractivity contribution >= 4 is 41.7 Å². The van der Waals surface area contributed by atoms with E-state index in [9.17, 15) is 4.79 Å². The van der Waals surface area contributed by atoms with Crippen LogP contribution in [0.5, 0.6) is 5.75 Å². The molecule has 1 aliphatic rings. The highest BCUT2D eigenvalue weighted by Crippen LogP contribution is 2.39. The molecule has 1 aromatic rings. The van der Waals surface area contributed by atoms with Crippen molar-refractivity contribution in [3.8, 4) is 5.75 Å². The summed E-state index contributed by atoms with van der Waals surface area (Å²) in [6.07, 6.45) is 1.92. The Kier molecular flexibility index (Phi) is 6.31. The van der Waals surface area contributed by atoms with E-state index in [0.717, 1.165) is 11.0 Å². The van der Waals surface area contributed by atoms with Crippen LogP contribution in [0.3, 0.4) is 0 Å². The van der Waals surface area contributed by atoms with E-state index in [-0.39, 0.29) is 5.12 Å². The zero-order chi connectivity index (χ0) is 18.8. The molecule has 4 nitrogen and oxygen atoms in total. The van der Waals surface area contributed by atoms with Crippen LogP contribution in [0.1, 0.15) is 40.2 Å². The standard InChI is InChI=1S/C18H24BClO4S/c1-12(21)25-11-14(19-23-17(2,3)18(4,5)24-19)9-13-10-15(22-6)7-8-16(13)20/h7-10H,11H2,1-6H3. The first kappa shape index (κ1) is 20.4. The maximum atomic E-state index is 11.4. The maximum absolute atomic E-state index is 11.4. The topological polar surface area (TPSA) is 44.8 Å². The third-order valence-corrected chi connectivity index (χ3v) is 5.77. The molecule has 0 unspecified atom stereocenters. The number of hydrogen-bond donors (Lipinski definition) is 0. The summed E-state index contributed by atoms with van der Waals surface area (Å²) in [5, 5.41) is 0.641. The van der Waals surface area contributed by atoms with Gasteiger partial charge in [0.05, 0.1) is 18.3 Å². The third kappa shape index (κ3) is 4.82. The summed E-state index contributed by atoms with van der Waals surface area (Å²) in [5.41, 5.74) is 0.759. The van der Waals surface area contributed by atoms with Crippen LogP contribution in [0.15, 0.2) is 23.7 Å². The van der Waals surface area contributed by atoms with Crippen molar-refractivity contribution in [2.75, 3.05) is 12.9 Å². The van der Waals surface area contributed by atoms with E-state index in [1.165, 1.54) is 11.8 Å². The van der Waals surface area contributed by atoms with Crippen LogP contribution in [0.4, 0.5) is 0 Å². The number of hydrogen-bond acceptors (Lipinski definition) is 5. The molecule has 0 bridgehead atoms. The van der Waals surface area contributed by atoms with Gasteiger partial charge in [0.2, 0.25) is 0 Å². The number of benzene rings is 1. The molecule has 0 atom stereocenters. The van der Waals surface area contributed by atoms with Crippen molar-refractivity contribution in [3.63, 3.8) is 0 Å². The van der Waals surface area contributed by atoms with Gasteiger partial charge in [0.15, 0.2) is 5.12 Å². The van der Waals surface area contributed by atoms with E-state index in [1.54, 1.807) is 26.2 Å². The summed E-state index contributed by atoms with van der Waals surface area (Å²) in [6.45, 7) is 9.55. The molecular formula is C18H24BClO4S. The second kappa shape index (κ2) is 7.74. The predicted octanol–water partition coefficient (Wildman–Crippen LogP) is 4.64. The summed E-state index contributed by atoms with van der Waals surface area (Å²) in [6, 6.07) is 5.44. The predicted molar refractivity (Wildman–Crippen MR) is 105 cm³/mol. The lowest BCUT2D eigenvalue weighted by atomic mass is 9.78. The molecule has 1 aliphatic heterocycles. The molecule has 0 N–H and O–H groups in total. The molecule has 25 heavy (non-hydrogen) atoms. The van der Waals surface area contributed by atoms with Gasteiger partial charge in [-0.2, -0.15) is 0 Å². The molecule has 7 heteroatoms. The van der Waals surface area contributed by atoms with Gasteiger partial charge in [0, 0.05) is 17.7 Å². The summed E-state index contributed by atoms with van der Waals surface area (Å²) in [4.78, 5) is 11.4. The Bertz CT molecular complexity index is 672. The van der Waals surface area contributed by atoms with Gasteiger partial charge in [-0.1, -0.05) is 29.4 Å². The highest BCUT2D eigenvalue weighted by Gasteiger charge is 2.52. The molecule has 0 saturated carbocycles. The first-order valence-corrected chi connectivity index (χ1v) is 9.45. The zero-order valence-corrected chi connectivity index (χ0v) is 17.1. The molecule has 0 spiro atoms. The number of ether oxygens (including phenoxy) is 1. The Hall–Kier alpha value is -0.945. The zero-order valence-electron chi connectivity index (χ0n) is 15.5. The SMILES string of the molecule is COc1ccc(Cl)c(C=C(CSC(C)=O)B2OC(C)(C)C(C)(C)O2)c1. The van der Waals surface area contributed by atoms with Crippen LogP contribution in [-0.4, -0.2) is 36.3 Å². The Morgan fingerprint density at radius 1 is 1.28 bits per heavy atom. The Morgan fingerprint density at radius 2 is 1.88 bits per heavy atom. The summed E-state index contributed by atoms with van der Waals surface area (Å²) >= 11 is 7.54. The molecule has 2 rings (SSSR count). The summed E-state index contributed by atoms with van der Waals surface area (Å²) in [5.74, 6) is 1.18. The van der Waals surface area contributed by atoms with E-state index in [2.05, 4.69) is 0 Å². The van der Waals surface area contributed by atoms with Crippen LogP contribution in [0.2, 0.25) is 5.02 Å². The molecule has 1 heterocycles. The summed E-state index contributed by atoms with van der Waals surface area (Å²) < 4.78 is 17.5. The van der Waals surface area contributed by atoms with Gasteiger partial charge in [0.1, 0.15) is 5.75 Å². The lowest BCUT2D eigenvalue weighted by molar-refractivity contribution is -0.109. The van der Waals surface area contributed by atoms with Crippen molar-refractivity contribution in [1.82, 2.24) is 0 Å². The second-order valence-corrected chi connectivity index (χ2v) is 8.53. The average molecular weight is 383 g/mol. The van der Waals surface area contributed by atoms with Gasteiger partial charge < -0.3 is 14.0 Å². The number of rotatable bonds is 5. The highest BCUT2D eigenvalue weighted by atomic mass is 35.5. The maximum Gasteiger partial charge on any atom is 0.491 e. The lowest BCUT2D eigenvalue weighted by Crippen LogP contribution is -2.41. The van der Waals surface area contributed by atoms with Crippen LogP contribution >= 0.6 is 23.4 Å². The monoisotopic (exact) mass is 382 g/mol. The summed E-state index contributed by atoms with van der Waals surface area (Å²) in [7, 11) is 1.08. The van der Waals surface area contributed by atoms with Gasteiger partial charge in [-0.15, -0.1) is 0 Å². The number of thioether (sulfide) groups is 1. The van der Waals surface area contributed by atoms with Crippen LogP contribution in [0.25, 0.3) is 6.08 Å². The molecular weight excluding hydrogens is 359 g/mol. The fraction of sp³-hybridized carbons (Fsp3) is 0.500. The smallest absolute Gasteiger partial charge is 0.491 e. The number of halogens is 1. The van der Waals surface area contributed by atoms with Crippen molar-refractivity contribution in [1.29, 1.82) is 0 Å². The van der Waals surface area contributed by atoms with Gasteiger partial charge in [-0.05, 0) is 56.9 Å². The molecule has 1 aromatic carbocycles. The number of carbonyl (C=O) groups excluding carboxylic acids is 1. The molecule has 0 radical (unpaired) electrons. The van der Waals surface area contributed by atoms with E-state index in [0.29, 0.717) is 16.5 Å².